The average molecular weight is 415 g/mol. The van der Waals surface area contributed by atoms with Crippen molar-refractivity contribution in [2.75, 3.05) is 20.3 Å². The fourth-order valence-electron chi connectivity index (χ4n) is 2.86. The SMILES string of the molecule is COCCN1C(=O)SC(Cc2ccc(OCc3ccc(C(=O)O)cc3)cc2)C1=O. The topological polar surface area (TPSA) is 93.1 Å². The van der Waals surface area contributed by atoms with E-state index in [4.69, 9.17) is 14.6 Å². The number of rotatable bonds is 9. The largest absolute Gasteiger partial charge is 0.489 e. The minimum atomic E-state index is -0.963. The number of thioether (sulfide) groups is 1. The summed E-state index contributed by atoms with van der Waals surface area (Å²) in [5.74, 6) is -0.475. The number of benzene rings is 2. The first-order chi connectivity index (χ1) is 14.0. The number of carboxylic acids is 1. The summed E-state index contributed by atoms with van der Waals surface area (Å²) in [6.45, 7) is 0.924. The van der Waals surface area contributed by atoms with Gasteiger partial charge in [0.2, 0.25) is 5.91 Å². The Kier molecular flexibility index (Phi) is 6.90. The minimum Gasteiger partial charge on any atom is -0.489 e. The molecule has 0 saturated carbocycles. The molecule has 3 rings (SSSR count). The molecule has 1 N–H and O–H groups in total. The summed E-state index contributed by atoms with van der Waals surface area (Å²) in [4.78, 5) is 36.5. The lowest BCUT2D eigenvalue weighted by Crippen LogP contribution is -2.34. The molecule has 1 unspecified atom stereocenters. The van der Waals surface area contributed by atoms with Crippen LogP contribution in [0, 0.1) is 0 Å². The third-order valence-corrected chi connectivity index (χ3v) is 5.55. The monoisotopic (exact) mass is 415 g/mol. The molecule has 152 valence electrons. The first kappa shape index (κ1) is 20.9. The highest BCUT2D eigenvalue weighted by atomic mass is 32.2. The molecule has 1 saturated heterocycles. The lowest BCUT2D eigenvalue weighted by molar-refractivity contribution is -0.127. The summed E-state index contributed by atoms with van der Waals surface area (Å²) in [5.41, 5.74) is 2.04. The lowest BCUT2D eigenvalue weighted by Gasteiger charge is -2.13. The van der Waals surface area contributed by atoms with E-state index in [1.807, 2.05) is 24.3 Å². The number of aromatic carboxylic acids is 1. The van der Waals surface area contributed by atoms with E-state index in [1.165, 1.54) is 24.1 Å². The summed E-state index contributed by atoms with van der Waals surface area (Å²) in [6, 6.07) is 13.9. The highest BCUT2D eigenvalue weighted by Crippen LogP contribution is 2.29. The molecule has 0 aromatic heterocycles. The molecule has 0 radical (unpaired) electrons. The Bertz CT molecular complexity index is 881. The van der Waals surface area contributed by atoms with Gasteiger partial charge in [0.25, 0.3) is 5.24 Å². The molecule has 1 atom stereocenters. The molecule has 8 heteroatoms. The number of hydrogen-bond acceptors (Lipinski definition) is 6. The summed E-state index contributed by atoms with van der Waals surface area (Å²) in [7, 11) is 1.53. The quantitative estimate of drug-likeness (QED) is 0.672. The van der Waals surface area contributed by atoms with Crippen molar-refractivity contribution < 1.29 is 29.0 Å². The van der Waals surface area contributed by atoms with Crippen LogP contribution in [0.4, 0.5) is 4.79 Å². The summed E-state index contributed by atoms with van der Waals surface area (Å²) in [6.07, 6.45) is 0.468. The summed E-state index contributed by atoms with van der Waals surface area (Å²) in [5, 5.41) is 8.27. The number of hydrogen-bond donors (Lipinski definition) is 1. The maximum atomic E-state index is 12.4. The van der Waals surface area contributed by atoms with E-state index in [9.17, 15) is 14.4 Å². The van der Waals surface area contributed by atoms with Crippen molar-refractivity contribution in [3.8, 4) is 5.75 Å². The van der Waals surface area contributed by atoms with Gasteiger partial charge in [0.05, 0.1) is 24.0 Å². The van der Waals surface area contributed by atoms with Crippen molar-refractivity contribution in [2.45, 2.75) is 18.3 Å². The number of ether oxygens (including phenoxy) is 2. The lowest BCUT2D eigenvalue weighted by atomic mass is 10.1. The molecule has 0 spiro atoms. The molecular weight excluding hydrogens is 394 g/mol. The van der Waals surface area contributed by atoms with Crippen LogP contribution in [0.25, 0.3) is 0 Å². The number of nitrogens with zero attached hydrogens (tertiary/aromatic N) is 1. The van der Waals surface area contributed by atoms with Crippen LogP contribution in [0.5, 0.6) is 5.75 Å². The molecule has 0 aliphatic carbocycles. The normalized spacial score (nSPS) is 16.3. The number of carbonyl (C=O) groups is 3. The van der Waals surface area contributed by atoms with E-state index < -0.39 is 11.2 Å². The van der Waals surface area contributed by atoms with Gasteiger partial charge < -0.3 is 14.6 Å². The van der Waals surface area contributed by atoms with Gasteiger partial charge in [-0.25, -0.2) is 4.79 Å². The Morgan fingerprint density at radius 1 is 1.07 bits per heavy atom. The second-order valence-electron chi connectivity index (χ2n) is 6.49. The van der Waals surface area contributed by atoms with Gasteiger partial charge in [0, 0.05) is 7.11 Å². The van der Waals surface area contributed by atoms with Gasteiger partial charge in [-0.3, -0.25) is 14.5 Å². The van der Waals surface area contributed by atoms with Crippen LogP contribution in [0.2, 0.25) is 0 Å². The third kappa shape index (κ3) is 5.36. The second kappa shape index (κ2) is 9.58. The molecule has 1 heterocycles. The van der Waals surface area contributed by atoms with Crippen molar-refractivity contribution in [2.24, 2.45) is 0 Å². The van der Waals surface area contributed by atoms with Crippen LogP contribution in [0.3, 0.4) is 0 Å². The molecule has 2 aromatic rings. The van der Waals surface area contributed by atoms with E-state index >= 15 is 0 Å². The van der Waals surface area contributed by atoms with Crippen LogP contribution in [-0.4, -0.2) is 52.6 Å². The fourth-order valence-corrected chi connectivity index (χ4v) is 3.91. The van der Waals surface area contributed by atoms with E-state index in [2.05, 4.69) is 0 Å². The van der Waals surface area contributed by atoms with Gasteiger partial charge in [0.1, 0.15) is 12.4 Å². The smallest absolute Gasteiger partial charge is 0.335 e. The molecular formula is C21H21NO6S. The Labute approximate surface area is 172 Å². The molecule has 29 heavy (non-hydrogen) atoms. The van der Waals surface area contributed by atoms with E-state index in [0.29, 0.717) is 25.4 Å². The molecule has 1 aliphatic rings. The van der Waals surface area contributed by atoms with Crippen LogP contribution < -0.4 is 4.74 Å². The predicted octanol–water partition coefficient (Wildman–Crippen LogP) is 3.22. The van der Waals surface area contributed by atoms with Crippen LogP contribution in [0.1, 0.15) is 21.5 Å². The Morgan fingerprint density at radius 2 is 1.72 bits per heavy atom. The maximum absolute atomic E-state index is 12.4. The fraction of sp³-hybridized carbons (Fsp3) is 0.286. The Morgan fingerprint density at radius 3 is 2.34 bits per heavy atom. The molecule has 2 aromatic carbocycles. The molecule has 2 amide bonds. The van der Waals surface area contributed by atoms with E-state index in [1.54, 1.807) is 12.1 Å². The Hall–Kier alpha value is -2.84. The van der Waals surface area contributed by atoms with Crippen molar-refractivity contribution in [1.82, 2.24) is 4.90 Å². The zero-order valence-corrected chi connectivity index (χ0v) is 16.7. The highest BCUT2D eigenvalue weighted by Gasteiger charge is 2.39. The van der Waals surface area contributed by atoms with Gasteiger partial charge in [-0.15, -0.1) is 0 Å². The zero-order chi connectivity index (χ0) is 20.8. The average Bonchev–Trinajstić information content (AvgIpc) is 2.98. The number of imide groups is 1. The van der Waals surface area contributed by atoms with Crippen molar-refractivity contribution in [1.29, 1.82) is 0 Å². The van der Waals surface area contributed by atoms with Gasteiger partial charge in [0.15, 0.2) is 0 Å². The van der Waals surface area contributed by atoms with E-state index in [-0.39, 0.29) is 23.3 Å². The van der Waals surface area contributed by atoms with E-state index in [0.717, 1.165) is 22.9 Å². The van der Waals surface area contributed by atoms with Gasteiger partial charge in [-0.1, -0.05) is 36.0 Å². The zero-order valence-electron chi connectivity index (χ0n) is 15.9. The third-order valence-electron chi connectivity index (χ3n) is 4.47. The van der Waals surface area contributed by atoms with Gasteiger partial charge in [-0.05, 0) is 41.8 Å². The summed E-state index contributed by atoms with van der Waals surface area (Å²) >= 11 is 1.05. The Balaban J connectivity index is 1.53. The number of carbonyl (C=O) groups excluding carboxylic acids is 2. The van der Waals surface area contributed by atoms with Gasteiger partial charge >= 0.3 is 5.97 Å². The number of amides is 2. The number of carboxylic acid groups (broad SMARTS) is 1. The van der Waals surface area contributed by atoms with Crippen molar-refractivity contribution in [3.63, 3.8) is 0 Å². The standard InChI is InChI=1S/C21H21NO6S/c1-27-11-10-22-19(23)18(29-21(22)26)12-14-4-8-17(9-5-14)28-13-15-2-6-16(7-3-15)20(24)25/h2-9,18H,10-13H2,1H3,(H,24,25). The maximum Gasteiger partial charge on any atom is 0.335 e. The molecule has 7 nitrogen and oxygen atoms in total. The van der Waals surface area contributed by atoms with Crippen molar-refractivity contribution in [3.05, 3.63) is 65.2 Å². The van der Waals surface area contributed by atoms with Crippen molar-refractivity contribution >= 4 is 28.9 Å². The molecule has 1 aliphatic heterocycles. The van der Waals surface area contributed by atoms with Crippen LogP contribution >= 0.6 is 11.8 Å². The molecule has 1 fully saturated rings. The van der Waals surface area contributed by atoms with Crippen LogP contribution in [0.15, 0.2) is 48.5 Å². The highest BCUT2D eigenvalue weighted by molar-refractivity contribution is 8.15. The predicted molar refractivity (Wildman–Crippen MR) is 108 cm³/mol. The van der Waals surface area contributed by atoms with Crippen LogP contribution in [-0.2, 0) is 22.6 Å². The van der Waals surface area contributed by atoms with Gasteiger partial charge in [-0.2, -0.15) is 0 Å². The summed E-state index contributed by atoms with van der Waals surface area (Å²) < 4.78 is 10.7. The first-order valence-corrected chi connectivity index (χ1v) is 9.91. The second-order valence-corrected chi connectivity index (χ2v) is 7.65. The number of methoxy groups -OCH3 is 1. The minimum absolute atomic E-state index is 0.179. The first-order valence-electron chi connectivity index (χ1n) is 9.03. The molecule has 0 bridgehead atoms.